The van der Waals surface area contributed by atoms with Crippen LogP contribution in [0, 0.1) is 20.2 Å². The number of non-ortho nitro benzene ring substituents is 1. The summed E-state index contributed by atoms with van der Waals surface area (Å²) in [6.07, 6.45) is 2.39. The Morgan fingerprint density at radius 3 is 2.48 bits per heavy atom. The normalized spacial score (nSPS) is 10.4. The van der Waals surface area contributed by atoms with Gasteiger partial charge >= 0.3 is 0 Å². The van der Waals surface area contributed by atoms with E-state index < -0.39 is 15.8 Å². The van der Waals surface area contributed by atoms with Crippen molar-refractivity contribution in [2.45, 2.75) is 0 Å². The van der Waals surface area contributed by atoms with E-state index in [-0.39, 0.29) is 28.4 Å². The zero-order valence-corrected chi connectivity index (χ0v) is 13.0. The number of hydrogen-bond donors (Lipinski definition) is 1. The molecule has 0 heterocycles. The SMILES string of the molecule is COc1ccc([N+](=O)[O-])cc1NC(=O)C=Cc1ccccc1[N+](=O)[O-]. The maximum atomic E-state index is 12.0. The van der Waals surface area contributed by atoms with Crippen molar-refractivity contribution in [1.82, 2.24) is 0 Å². The van der Waals surface area contributed by atoms with Gasteiger partial charge < -0.3 is 10.1 Å². The van der Waals surface area contributed by atoms with E-state index >= 15 is 0 Å². The third kappa shape index (κ3) is 4.38. The van der Waals surface area contributed by atoms with Gasteiger partial charge in [-0.2, -0.15) is 0 Å². The molecule has 0 unspecified atom stereocenters. The number of anilines is 1. The maximum absolute atomic E-state index is 12.0. The number of carbonyl (C=O) groups excluding carboxylic acids is 1. The number of methoxy groups -OCH3 is 1. The average Bonchev–Trinajstić information content (AvgIpc) is 2.60. The second-order valence-electron chi connectivity index (χ2n) is 4.78. The molecule has 9 nitrogen and oxygen atoms in total. The summed E-state index contributed by atoms with van der Waals surface area (Å²) in [5.41, 5.74) is 0.0285. The monoisotopic (exact) mass is 343 g/mol. The first-order valence-corrected chi connectivity index (χ1v) is 6.97. The number of nitrogens with one attached hydrogen (secondary N) is 1. The number of para-hydroxylation sites is 1. The molecule has 0 bridgehead atoms. The number of nitrogens with zero attached hydrogens (tertiary/aromatic N) is 2. The first-order valence-electron chi connectivity index (χ1n) is 6.97. The van der Waals surface area contributed by atoms with Crippen LogP contribution in [0.15, 0.2) is 48.5 Å². The predicted molar refractivity (Wildman–Crippen MR) is 90.4 cm³/mol. The van der Waals surface area contributed by atoms with Crippen LogP contribution in [0.25, 0.3) is 6.08 Å². The van der Waals surface area contributed by atoms with Crippen LogP contribution in [0.4, 0.5) is 17.1 Å². The van der Waals surface area contributed by atoms with Crippen molar-refractivity contribution in [2.24, 2.45) is 0 Å². The number of carbonyl (C=O) groups is 1. The molecule has 0 radical (unpaired) electrons. The van der Waals surface area contributed by atoms with Crippen LogP contribution in [0.2, 0.25) is 0 Å². The number of ether oxygens (including phenoxy) is 1. The van der Waals surface area contributed by atoms with Crippen molar-refractivity contribution in [2.75, 3.05) is 12.4 Å². The van der Waals surface area contributed by atoms with Gasteiger partial charge in [0.05, 0.1) is 28.2 Å². The van der Waals surface area contributed by atoms with Crippen molar-refractivity contribution >= 4 is 29.0 Å². The number of rotatable bonds is 6. The molecule has 0 spiro atoms. The summed E-state index contributed by atoms with van der Waals surface area (Å²) in [5, 5.41) is 24.2. The average molecular weight is 343 g/mol. The van der Waals surface area contributed by atoms with Crippen LogP contribution in [-0.2, 0) is 4.79 Å². The maximum Gasteiger partial charge on any atom is 0.276 e. The molecule has 128 valence electrons. The van der Waals surface area contributed by atoms with Crippen LogP contribution in [-0.4, -0.2) is 22.9 Å². The number of amides is 1. The summed E-state index contributed by atoms with van der Waals surface area (Å²) in [6, 6.07) is 9.71. The van der Waals surface area contributed by atoms with E-state index in [1.165, 1.54) is 43.5 Å². The lowest BCUT2D eigenvalue weighted by Crippen LogP contribution is -2.09. The fourth-order valence-electron chi connectivity index (χ4n) is 2.04. The van der Waals surface area contributed by atoms with Gasteiger partial charge in [-0.1, -0.05) is 12.1 Å². The fourth-order valence-corrected chi connectivity index (χ4v) is 2.04. The molecule has 0 aliphatic rings. The Balaban J connectivity index is 2.22. The van der Waals surface area contributed by atoms with E-state index in [4.69, 9.17) is 4.74 Å². The van der Waals surface area contributed by atoms with Crippen molar-refractivity contribution in [3.05, 3.63) is 74.3 Å². The molecular formula is C16H13N3O6. The first-order chi connectivity index (χ1) is 11.9. The molecule has 25 heavy (non-hydrogen) atoms. The summed E-state index contributed by atoms with van der Waals surface area (Å²) in [5.74, 6) is -0.366. The van der Waals surface area contributed by atoms with Crippen LogP contribution >= 0.6 is 0 Å². The summed E-state index contributed by atoms with van der Waals surface area (Å²) in [6.45, 7) is 0. The van der Waals surface area contributed by atoms with E-state index in [1.54, 1.807) is 6.07 Å². The molecule has 0 saturated heterocycles. The van der Waals surface area contributed by atoms with Gasteiger partial charge in [0.15, 0.2) is 0 Å². The van der Waals surface area contributed by atoms with E-state index in [1.807, 2.05) is 0 Å². The topological polar surface area (TPSA) is 125 Å². The molecule has 2 aromatic carbocycles. The third-order valence-corrected chi connectivity index (χ3v) is 3.20. The number of hydrogen-bond acceptors (Lipinski definition) is 6. The summed E-state index contributed by atoms with van der Waals surface area (Å²) in [7, 11) is 1.36. The van der Waals surface area contributed by atoms with E-state index in [0.29, 0.717) is 0 Å². The van der Waals surface area contributed by atoms with Crippen LogP contribution in [0.3, 0.4) is 0 Å². The van der Waals surface area contributed by atoms with Crippen molar-refractivity contribution in [3.63, 3.8) is 0 Å². The van der Waals surface area contributed by atoms with Gasteiger partial charge in [0.1, 0.15) is 5.75 Å². The van der Waals surface area contributed by atoms with Gasteiger partial charge in [-0.3, -0.25) is 25.0 Å². The molecule has 9 heteroatoms. The molecule has 0 atom stereocenters. The lowest BCUT2D eigenvalue weighted by atomic mass is 10.1. The predicted octanol–water partition coefficient (Wildman–Crippen LogP) is 3.16. The number of nitro groups is 2. The summed E-state index contributed by atoms with van der Waals surface area (Å²) >= 11 is 0. The molecule has 0 aliphatic carbocycles. The quantitative estimate of drug-likeness (QED) is 0.488. The molecular weight excluding hydrogens is 330 g/mol. The van der Waals surface area contributed by atoms with Crippen LogP contribution < -0.4 is 10.1 Å². The molecule has 0 fully saturated rings. The Morgan fingerprint density at radius 1 is 1.12 bits per heavy atom. The fraction of sp³-hybridized carbons (Fsp3) is 0.0625. The highest BCUT2D eigenvalue weighted by Gasteiger charge is 2.13. The lowest BCUT2D eigenvalue weighted by Gasteiger charge is -2.08. The molecule has 2 rings (SSSR count). The second kappa shape index (κ2) is 7.68. The van der Waals surface area contributed by atoms with Gasteiger partial charge in [-0.15, -0.1) is 0 Å². The highest BCUT2D eigenvalue weighted by molar-refractivity contribution is 6.03. The Hall–Kier alpha value is -3.75. The zero-order valence-electron chi connectivity index (χ0n) is 13.0. The third-order valence-electron chi connectivity index (χ3n) is 3.20. The Morgan fingerprint density at radius 2 is 1.84 bits per heavy atom. The van der Waals surface area contributed by atoms with Gasteiger partial charge in [0.2, 0.25) is 5.91 Å². The molecule has 0 saturated carbocycles. The highest BCUT2D eigenvalue weighted by Crippen LogP contribution is 2.29. The van der Waals surface area contributed by atoms with Gasteiger partial charge in [-0.25, -0.2) is 0 Å². The largest absolute Gasteiger partial charge is 0.495 e. The van der Waals surface area contributed by atoms with Gasteiger partial charge in [0.25, 0.3) is 11.4 Å². The minimum absolute atomic E-state index is 0.119. The van der Waals surface area contributed by atoms with Crippen molar-refractivity contribution < 1.29 is 19.4 Å². The number of benzene rings is 2. The zero-order chi connectivity index (χ0) is 18.4. The smallest absolute Gasteiger partial charge is 0.276 e. The van der Waals surface area contributed by atoms with Gasteiger partial charge in [0, 0.05) is 24.3 Å². The van der Waals surface area contributed by atoms with Crippen LogP contribution in [0.5, 0.6) is 5.75 Å². The van der Waals surface area contributed by atoms with Crippen LogP contribution in [0.1, 0.15) is 5.56 Å². The molecule has 1 N–H and O–H groups in total. The number of nitro benzene ring substituents is 2. The Bertz CT molecular complexity index is 863. The lowest BCUT2D eigenvalue weighted by molar-refractivity contribution is -0.385. The standard InChI is InChI=1S/C16H13N3O6/c1-25-15-8-7-12(18(21)22)10-13(15)17-16(20)9-6-11-4-2-3-5-14(11)19(23)24/h2-10H,1H3,(H,17,20). The van der Waals surface area contributed by atoms with E-state index in [0.717, 1.165) is 12.1 Å². The highest BCUT2D eigenvalue weighted by atomic mass is 16.6. The Kier molecular flexibility index (Phi) is 5.41. The van der Waals surface area contributed by atoms with Gasteiger partial charge in [-0.05, 0) is 18.2 Å². The molecule has 1 amide bonds. The summed E-state index contributed by atoms with van der Waals surface area (Å²) < 4.78 is 5.04. The molecule has 0 aliphatic heterocycles. The molecule has 2 aromatic rings. The Labute approximate surface area is 141 Å². The van der Waals surface area contributed by atoms with E-state index in [9.17, 15) is 25.0 Å². The van der Waals surface area contributed by atoms with Crippen molar-refractivity contribution in [3.8, 4) is 5.75 Å². The summed E-state index contributed by atoms with van der Waals surface area (Å²) in [4.78, 5) is 32.6. The minimum atomic E-state index is -0.614. The minimum Gasteiger partial charge on any atom is -0.495 e. The second-order valence-corrected chi connectivity index (χ2v) is 4.78. The molecule has 0 aromatic heterocycles. The van der Waals surface area contributed by atoms with E-state index in [2.05, 4.69) is 5.32 Å². The van der Waals surface area contributed by atoms with Crippen molar-refractivity contribution in [1.29, 1.82) is 0 Å². The first kappa shape index (κ1) is 17.6.